The van der Waals surface area contributed by atoms with Gasteiger partial charge in [0.2, 0.25) is 0 Å². The molecule has 0 saturated carbocycles. The Kier molecular flexibility index (Phi) is 5.75. The zero-order chi connectivity index (χ0) is 20.1. The van der Waals surface area contributed by atoms with E-state index in [9.17, 15) is 10.1 Å². The fourth-order valence-corrected chi connectivity index (χ4v) is 3.92. The second-order valence-electron chi connectivity index (χ2n) is 7.36. The maximum Gasteiger partial charge on any atom is 0.317 e. The van der Waals surface area contributed by atoms with Crippen molar-refractivity contribution in [2.24, 2.45) is 0 Å². The summed E-state index contributed by atoms with van der Waals surface area (Å²) >= 11 is 0. The topological polar surface area (TPSA) is 88.4 Å². The molecule has 0 spiro atoms. The molecular weight excluding hydrogens is 366 g/mol. The van der Waals surface area contributed by atoms with Crippen molar-refractivity contribution in [3.05, 3.63) is 48.3 Å². The third-order valence-corrected chi connectivity index (χ3v) is 5.57. The van der Waals surface area contributed by atoms with Gasteiger partial charge >= 0.3 is 6.03 Å². The summed E-state index contributed by atoms with van der Waals surface area (Å²) in [4.78, 5) is 27.6. The van der Waals surface area contributed by atoms with Gasteiger partial charge in [-0.25, -0.2) is 14.8 Å². The minimum atomic E-state index is 0.00228. The Morgan fingerprint density at radius 3 is 2.41 bits per heavy atom. The van der Waals surface area contributed by atoms with Crippen LogP contribution in [0.15, 0.2) is 42.7 Å². The van der Waals surface area contributed by atoms with Gasteiger partial charge in [0.1, 0.15) is 17.7 Å². The number of urea groups is 1. The fraction of sp³-hybridized carbons (Fsp3) is 0.429. The lowest BCUT2D eigenvalue weighted by atomic mass is 10.1. The maximum atomic E-state index is 12.7. The summed E-state index contributed by atoms with van der Waals surface area (Å²) in [6.45, 7) is 4.40. The van der Waals surface area contributed by atoms with Crippen molar-refractivity contribution in [3.63, 3.8) is 0 Å². The van der Waals surface area contributed by atoms with E-state index in [1.165, 1.54) is 0 Å². The van der Waals surface area contributed by atoms with Crippen LogP contribution >= 0.6 is 0 Å². The summed E-state index contributed by atoms with van der Waals surface area (Å²) < 4.78 is 0. The summed E-state index contributed by atoms with van der Waals surface area (Å²) in [5, 5.41) is 12.5. The third-order valence-electron chi connectivity index (χ3n) is 5.57. The van der Waals surface area contributed by atoms with E-state index in [4.69, 9.17) is 0 Å². The van der Waals surface area contributed by atoms with Crippen molar-refractivity contribution >= 4 is 17.7 Å². The number of piperidine rings is 1. The van der Waals surface area contributed by atoms with E-state index in [1.54, 1.807) is 18.3 Å². The van der Waals surface area contributed by atoms with Gasteiger partial charge in [-0.15, -0.1) is 0 Å². The third kappa shape index (κ3) is 4.40. The minimum Gasteiger partial charge on any atom is -0.356 e. The number of piperazine rings is 1. The molecule has 2 saturated heterocycles. The summed E-state index contributed by atoms with van der Waals surface area (Å²) in [5.41, 5.74) is 0.574. The van der Waals surface area contributed by atoms with Gasteiger partial charge in [0.15, 0.2) is 0 Å². The number of amides is 2. The highest BCUT2D eigenvalue weighted by Gasteiger charge is 2.26. The average molecular weight is 391 g/mol. The Balaban J connectivity index is 1.25. The molecule has 0 aromatic carbocycles. The lowest BCUT2D eigenvalue weighted by Crippen LogP contribution is -2.55. The van der Waals surface area contributed by atoms with E-state index >= 15 is 0 Å². The van der Waals surface area contributed by atoms with Crippen molar-refractivity contribution in [2.45, 2.75) is 18.9 Å². The zero-order valence-electron chi connectivity index (χ0n) is 16.4. The highest BCUT2D eigenvalue weighted by Crippen LogP contribution is 2.19. The minimum absolute atomic E-state index is 0.00228. The maximum absolute atomic E-state index is 12.7. The van der Waals surface area contributed by atoms with Crippen LogP contribution in [0.1, 0.15) is 18.4 Å². The Labute approximate surface area is 170 Å². The first-order chi connectivity index (χ1) is 14.2. The van der Waals surface area contributed by atoms with Crippen LogP contribution in [0.25, 0.3) is 0 Å². The molecule has 29 heavy (non-hydrogen) atoms. The largest absolute Gasteiger partial charge is 0.356 e. The number of carbonyl (C=O) groups excluding carboxylic acids is 1. The number of carbonyl (C=O) groups is 1. The monoisotopic (exact) mass is 391 g/mol. The van der Waals surface area contributed by atoms with E-state index in [0.717, 1.165) is 31.7 Å². The highest BCUT2D eigenvalue weighted by atomic mass is 16.2. The number of anilines is 2. The van der Waals surface area contributed by atoms with Crippen molar-refractivity contribution in [1.82, 2.24) is 20.2 Å². The molecule has 1 N–H and O–H groups in total. The molecule has 0 bridgehead atoms. The highest BCUT2D eigenvalue weighted by molar-refractivity contribution is 5.75. The van der Waals surface area contributed by atoms with E-state index in [0.29, 0.717) is 37.6 Å². The summed E-state index contributed by atoms with van der Waals surface area (Å²) in [6.07, 6.45) is 5.35. The molecule has 2 fully saturated rings. The molecule has 0 aliphatic carbocycles. The van der Waals surface area contributed by atoms with Gasteiger partial charge < -0.3 is 20.0 Å². The number of hydrogen-bond acceptors (Lipinski definition) is 6. The standard InChI is InChI=1S/C21H25N7O/c22-16-17-4-3-9-24-20(17)27-12-14-28(15-13-27)21(29)25-18-6-10-26(11-7-18)19-5-1-2-8-23-19/h1-5,8-9,18H,6-7,10-15H2,(H,25,29). The summed E-state index contributed by atoms with van der Waals surface area (Å²) in [7, 11) is 0. The van der Waals surface area contributed by atoms with Crippen molar-refractivity contribution in [2.75, 3.05) is 49.1 Å². The zero-order valence-corrected chi connectivity index (χ0v) is 16.4. The lowest BCUT2D eigenvalue weighted by Gasteiger charge is -2.38. The quantitative estimate of drug-likeness (QED) is 0.859. The Bertz CT molecular complexity index is 866. The molecule has 2 aromatic rings. The molecule has 0 atom stereocenters. The number of nitrogens with zero attached hydrogens (tertiary/aromatic N) is 6. The molecule has 4 heterocycles. The second kappa shape index (κ2) is 8.78. The van der Waals surface area contributed by atoms with Gasteiger partial charge in [0.05, 0.1) is 5.56 Å². The molecule has 2 aromatic heterocycles. The fourth-order valence-electron chi connectivity index (χ4n) is 3.92. The predicted molar refractivity (Wildman–Crippen MR) is 111 cm³/mol. The Hall–Kier alpha value is -3.34. The lowest BCUT2D eigenvalue weighted by molar-refractivity contribution is 0.188. The van der Waals surface area contributed by atoms with Crippen molar-refractivity contribution in [3.8, 4) is 6.07 Å². The predicted octanol–water partition coefficient (Wildman–Crippen LogP) is 1.85. The number of nitrogens with one attached hydrogen (secondary N) is 1. The van der Waals surface area contributed by atoms with E-state index < -0.39 is 0 Å². The number of pyridine rings is 2. The molecule has 4 rings (SSSR count). The van der Waals surface area contributed by atoms with Gasteiger partial charge in [-0.2, -0.15) is 5.26 Å². The van der Waals surface area contributed by atoms with Gasteiger partial charge in [-0.05, 0) is 37.1 Å². The smallest absolute Gasteiger partial charge is 0.317 e. The van der Waals surface area contributed by atoms with Crippen LogP contribution in [-0.4, -0.2) is 66.2 Å². The summed E-state index contributed by atoms with van der Waals surface area (Å²) in [5.74, 6) is 1.71. The van der Waals surface area contributed by atoms with Gasteiger partial charge in [0, 0.05) is 57.7 Å². The van der Waals surface area contributed by atoms with Crippen LogP contribution in [-0.2, 0) is 0 Å². The Morgan fingerprint density at radius 2 is 1.72 bits per heavy atom. The number of hydrogen-bond donors (Lipinski definition) is 1. The molecule has 2 aliphatic rings. The van der Waals surface area contributed by atoms with Crippen LogP contribution in [0.4, 0.5) is 16.4 Å². The first kappa shape index (κ1) is 19.0. The Morgan fingerprint density at radius 1 is 0.966 bits per heavy atom. The van der Waals surface area contributed by atoms with Crippen LogP contribution < -0.4 is 15.1 Å². The molecule has 8 heteroatoms. The second-order valence-corrected chi connectivity index (χ2v) is 7.36. The van der Waals surface area contributed by atoms with Gasteiger partial charge in [-0.1, -0.05) is 6.07 Å². The molecular formula is C21H25N7O. The first-order valence-corrected chi connectivity index (χ1v) is 10.1. The van der Waals surface area contributed by atoms with Crippen molar-refractivity contribution < 1.29 is 4.79 Å². The molecule has 0 radical (unpaired) electrons. The van der Waals surface area contributed by atoms with E-state index in [-0.39, 0.29) is 12.1 Å². The first-order valence-electron chi connectivity index (χ1n) is 10.1. The molecule has 2 amide bonds. The van der Waals surface area contributed by atoms with Gasteiger partial charge in [-0.3, -0.25) is 0 Å². The SMILES string of the molecule is N#Cc1cccnc1N1CCN(C(=O)NC2CCN(c3ccccn3)CC2)CC1. The molecule has 150 valence electrons. The average Bonchev–Trinajstić information content (AvgIpc) is 2.80. The van der Waals surface area contributed by atoms with E-state index in [1.807, 2.05) is 29.3 Å². The van der Waals surface area contributed by atoms with Crippen LogP contribution in [0, 0.1) is 11.3 Å². The van der Waals surface area contributed by atoms with Gasteiger partial charge in [0.25, 0.3) is 0 Å². The normalized spacial score (nSPS) is 17.7. The van der Waals surface area contributed by atoms with E-state index in [2.05, 4.69) is 31.2 Å². The number of aromatic nitrogens is 2. The van der Waals surface area contributed by atoms with Crippen LogP contribution in [0.2, 0.25) is 0 Å². The molecule has 2 aliphatic heterocycles. The summed E-state index contributed by atoms with van der Waals surface area (Å²) in [6, 6.07) is 11.9. The molecule has 8 nitrogen and oxygen atoms in total. The van der Waals surface area contributed by atoms with Crippen LogP contribution in [0.5, 0.6) is 0 Å². The number of rotatable bonds is 3. The molecule has 0 unspecified atom stereocenters. The number of nitriles is 1. The van der Waals surface area contributed by atoms with Crippen LogP contribution in [0.3, 0.4) is 0 Å². The van der Waals surface area contributed by atoms with Crippen molar-refractivity contribution in [1.29, 1.82) is 5.26 Å².